The van der Waals surface area contributed by atoms with Crippen molar-refractivity contribution in [1.82, 2.24) is 0 Å². The molecule has 0 bridgehead atoms. The molecule has 0 N–H and O–H groups in total. The second-order valence-corrected chi connectivity index (χ2v) is 3.63. The predicted molar refractivity (Wildman–Crippen MR) is 59.3 cm³/mol. The van der Waals surface area contributed by atoms with Gasteiger partial charge >= 0.3 is 0 Å². The summed E-state index contributed by atoms with van der Waals surface area (Å²) in [4.78, 5) is 13.3. The quantitative estimate of drug-likeness (QED) is 0.756. The molecule has 1 aliphatic rings. The van der Waals surface area contributed by atoms with Gasteiger partial charge in [-0.05, 0) is 24.6 Å². The van der Waals surface area contributed by atoms with Crippen molar-refractivity contribution in [3.05, 3.63) is 23.8 Å². The summed E-state index contributed by atoms with van der Waals surface area (Å²) >= 11 is 0. The minimum absolute atomic E-state index is 0.0514. The Balaban J connectivity index is 2.44. The third-order valence-corrected chi connectivity index (χ3v) is 2.48. The highest BCUT2D eigenvalue weighted by atomic mass is 16.5. The topological polar surface area (TPSA) is 53.3 Å². The summed E-state index contributed by atoms with van der Waals surface area (Å²) in [6, 6.07) is 7.19. The first kappa shape index (κ1) is 10.5. The Kier molecular flexibility index (Phi) is 2.78. The van der Waals surface area contributed by atoms with Gasteiger partial charge in [0.15, 0.2) is 6.61 Å². The third-order valence-electron chi connectivity index (χ3n) is 2.48. The fraction of sp³-hybridized carbons (Fsp3) is 0.333. The molecule has 1 amide bonds. The monoisotopic (exact) mass is 216 g/mol. The molecular formula is C12H12N2O2. The van der Waals surface area contributed by atoms with Crippen LogP contribution in [-0.2, 0) is 4.79 Å². The highest BCUT2D eigenvalue weighted by molar-refractivity contribution is 5.98. The highest BCUT2D eigenvalue weighted by Crippen LogP contribution is 2.32. The number of hydrogen-bond acceptors (Lipinski definition) is 3. The largest absolute Gasteiger partial charge is 0.482 e. The standard InChI is InChI=1S/C12H12N2O2/c1-2-5-14-10-6-9(7-13)3-4-11(10)16-8-12(14)15/h3-4,6H,2,5,8H2,1H3. The summed E-state index contributed by atoms with van der Waals surface area (Å²) < 4.78 is 5.31. The van der Waals surface area contributed by atoms with E-state index in [9.17, 15) is 4.79 Å². The first-order valence-corrected chi connectivity index (χ1v) is 5.23. The Morgan fingerprint density at radius 2 is 2.38 bits per heavy atom. The molecule has 0 aromatic heterocycles. The van der Waals surface area contributed by atoms with Crippen molar-refractivity contribution in [2.24, 2.45) is 0 Å². The summed E-state index contributed by atoms with van der Waals surface area (Å²) in [7, 11) is 0. The van der Waals surface area contributed by atoms with Gasteiger partial charge in [-0.25, -0.2) is 0 Å². The van der Waals surface area contributed by atoms with Gasteiger partial charge in [0.2, 0.25) is 0 Å². The van der Waals surface area contributed by atoms with Gasteiger partial charge in [-0.15, -0.1) is 0 Å². The van der Waals surface area contributed by atoms with Crippen LogP contribution in [0.25, 0.3) is 0 Å². The van der Waals surface area contributed by atoms with Crippen LogP contribution in [-0.4, -0.2) is 19.1 Å². The number of nitrogens with zero attached hydrogens (tertiary/aromatic N) is 2. The SMILES string of the molecule is CCCN1C(=O)COc2ccc(C#N)cc21. The number of amides is 1. The average molecular weight is 216 g/mol. The van der Waals surface area contributed by atoms with E-state index in [1.54, 1.807) is 23.1 Å². The number of ether oxygens (including phenoxy) is 1. The number of carbonyl (C=O) groups excluding carboxylic acids is 1. The molecule has 0 atom stereocenters. The third kappa shape index (κ3) is 1.72. The maximum Gasteiger partial charge on any atom is 0.265 e. The van der Waals surface area contributed by atoms with E-state index in [0.717, 1.165) is 6.42 Å². The van der Waals surface area contributed by atoms with Crippen LogP contribution in [0, 0.1) is 11.3 Å². The van der Waals surface area contributed by atoms with Gasteiger partial charge in [0, 0.05) is 6.54 Å². The Hall–Kier alpha value is -2.02. The molecule has 0 fully saturated rings. The average Bonchev–Trinajstić information content (AvgIpc) is 2.32. The van der Waals surface area contributed by atoms with Gasteiger partial charge in [0.1, 0.15) is 5.75 Å². The zero-order chi connectivity index (χ0) is 11.5. The van der Waals surface area contributed by atoms with Crippen molar-refractivity contribution in [2.45, 2.75) is 13.3 Å². The van der Waals surface area contributed by atoms with E-state index in [0.29, 0.717) is 23.5 Å². The van der Waals surface area contributed by atoms with E-state index >= 15 is 0 Å². The Morgan fingerprint density at radius 3 is 3.06 bits per heavy atom. The molecule has 16 heavy (non-hydrogen) atoms. The Morgan fingerprint density at radius 1 is 1.56 bits per heavy atom. The molecule has 0 saturated carbocycles. The van der Waals surface area contributed by atoms with E-state index in [1.165, 1.54) is 0 Å². The van der Waals surface area contributed by atoms with Crippen LogP contribution < -0.4 is 9.64 Å². The lowest BCUT2D eigenvalue weighted by Gasteiger charge is -2.29. The van der Waals surface area contributed by atoms with Gasteiger partial charge in [0.25, 0.3) is 5.91 Å². The molecule has 82 valence electrons. The first-order valence-electron chi connectivity index (χ1n) is 5.23. The van der Waals surface area contributed by atoms with Crippen molar-refractivity contribution in [2.75, 3.05) is 18.1 Å². The smallest absolute Gasteiger partial charge is 0.265 e. The molecular weight excluding hydrogens is 204 g/mol. The fourth-order valence-electron chi connectivity index (χ4n) is 1.74. The van der Waals surface area contributed by atoms with Crippen LogP contribution in [0.15, 0.2) is 18.2 Å². The van der Waals surface area contributed by atoms with E-state index in [-0.39, 0.29) is 12.5 Å². The van der Waals surface area contributed by atoms with E-state index in [1.807, 2.05) is 6.92 Å². The first-order chi connectivity index (χ1) is 7.76. The van der Waals surface area contributed by atoms with Crippen LogP contribution in [0.3, 0.4) is 0 Å². The zero-order valence-electron chi connectivity index (χ0n) is 9.06. The molecule has 0 saturated heterocycles. The molecule has 1 heterocycles. The summed E-state index contributed by atoms with van der Waals surface area (Å²) in [5.74, 6) is 0.622. The summed E-state index contributed by atoms with van der Waals surface area (Å²) in [6.07, 6.45) is 0.877. The van der Waals surface area contributed by atoms with Gasteiger partial charge in [0.05, 0.1) is 17.3 Å². The minimum atomic E-state index is -0.0514. The maximum atomic E-state index is 11.7. The molecule has 1 aromatic carbocycles. The van der Waals surface area contributed by atoms with Gasteiger partial charge < -0.3 is 9.64 Å². The molecule has 1 aromatic rings. The Labute approximate surface area is 94.0 Å². The summed E-state index contributed by atoms with van der Waals surface area (Å²) in [6.45, 7) is 2.75. The van der Waals surface area contributed by atoms with Gasteiger partial charge in [-0.3, -0.25) is 4.79 Å². The molecule has 4 nitrogen and oxygen atoms in total. The van der Waals surface area contributed by atoms with Crippen molar-refractivity contribution in [3.63, 3.8) is 0 Å². The normalized spacial score (nSPS) is 14.0. The molecule has 0 spiro atoms. The van der Waals surface area contributed by atoms with Crippen LogP contribution >= 0.6 is 0 Å². The number of anilines is 1. The van der Waals surface area contributed by atoms with Gasteiger partial charge in [-0.2, -0.15) is 5.26 Å². The van der Waals surface area contributed by atoms with Crippen LogP contribution in [0.2, 0.25) is 0 Å². The summed E-state index contributed by atoms with van der Waals surface area (Å²) in [5, 5.41) is 8.83. The Bertz CT molecular complexity index is 463. The molecule has 1 aliphatic heterocycles. The lowest BCUT2D eigenvalue weighted by Crippen LogP contribution is -2.39. The van der Waals surface area contributed by atoms with Crippen molar-refractivity contribution < 1.29 is 9.53 Å². The van der Waals surface area contributed by atoms with Crippen LogP contribution in [0.4, 0.5) is 5.69 Å². The molecule has 4 heteroatoms. The molecule has 0 radical (unpaired) electrons. The van der Waals surface area contributed by atoms with Crippen molar-refractivity contribution in [1.29, 1.82) is 5.26 Å². The van der Waals surface area contributed by atoms with Crippen molar-refractivity contribution in [3.8, 4) is 11.8 Å². The van der Waals surface area contributed by atoms with Gasteiger partial charge in [-0.1, -0.05) is 6.92 Å². The van der Waals surface area contributed by atoms with Crippen molar-refractivity contribution >= 4 is 11.6 Å². The van der Waals surface area contributed by atoms with E-state index in [2.05, 4.69) is 6.07 Å². The van der Waals surface area contributed by atoms with Crippen LogP contribution in [0.5, 0.6) is 5.75 Å². The number of hydrogen-bond donors (Lipinski definition) is 0. The second-order valence-electron chi connectivity index (χ2n) is 3.63. The fourth-order valence-corrected chi connectivity index (χ4v) is 1.74. The second kappa shape index (κ2) is 4.23. The highest BCUT2D eigenvalue weighted by Gasteiger charge is 2.24. The number of carbonyl (C=O) groups is 1. The molecule has 0 unspecified atom stereocenters. The minimum Gasteiger partial charge on any atom is -0.482 e. The number of fused-ring (bicyclic) bond motifs is 1. The lowest BCUT2D eigenvalue weighted by atomic mass is 10.1. The van der Waals surface area contributed by atoms with E-state index in [4.69, 9.17) is 10.00 Å². The van der Waals surface area contributed by atoms with E-state index < -0.39 is 0 Å². The maximum absolute atomic E-state index is 11.7. The zero-order valence-corrected chi connectivity index (χ0v) is 9.06. The number of nitriles is 1. The number of benzene rings is 1. The lowest BCUT2D eigenvalue weighted by molar-refractivity contribution is -0.121. The summed E-state index contributed by atoms with van der Waals surface area (Å²) in [5.41, 5.74) is 1.25. The molecule has 0 aliphatic carbocycles. The molecule has 2 rings (SSSR count). The predicted octanol–water partition coefficient (Wildman–Crippen LogP) is 1.69. The van der Waals surface area contributed by atoms with Crippen LogP contribution in [0.1, 0.15) is 18.9 Å². The number of rotatable bonds is 2.